The van der Waals surface area contributed by atoms with Gasteiger partial charge < -0.3 is 0 Å². The third kappa shape index (κ3) is 3.24. The standard InChI is InChI=1S/C16H16S/c1-3-16(14-11-9-13(2)10-12-14)17-15-7-5-4-6-8-15/h3-12H,1-2H3/b16-3-. The number of aryl methyl sites for hydroxylation is 1. The molecule has 0 heterocycles. The van der Waals surface area contributed by atoms with Gasteiger partial charge >= 0.3 is 0 Å². The molecule has 0 aromatic heterocycles. The summed E-state index contributed by atoms with van der Waals surface area (Å²) in [6, 6.07) is 19.2. The van der Waals surface area contributed by atoms with Crippen LogP contribution in [-0.4, -0.2) is 0 Å². The van der Waals surface area contributed by atoms with Gasteiger partial charge in [0, 0.05) is 9.80 Å². The SMILES string of the molecule is C/C=C(\Sc1ccccc1)c1ccc(C)cc1. The molecule has 0 bridgehead atoms. The minimum Gasteiger partial charge on any atom is -0.0898 e. The highest BCUT2D eigenvalue weighted by molar-refractivity contribution is 8.08. The van der Waals surface area contributed by atoms with Gasteiger partial charge in [-0.15, -0.1) is 0 Å². The molecule has 17 heavy (non-hydrogen) atoms. The molecule has 0 N–H and O–H groups in total. The molecule has 0 unspecified atom stereocenters. The molecular formula is C16H16S. The summed E-state index contributed by atoms with van der Waals surface area (Å²) in [4.78, 5) is 2.58. The topological polar surface area (TPSA) is 0 Å². The van der Waals surface area contributed by atoms with Crippen LogP contribution in [0.4, 0.5) is 0 Å². The molecular weight excluding hydrogens is 224 g/mol. The Morgan fingerprint density at radius 1 is 0.941 bits per heavy atom. The van der Waals surface area contributed by atoms with Crippen LogP contribution in [0.1, 0.15) is 18.1 Å². The molecule has 1 heteroatoms. The van der Waals surface area contributed by atoms with Crippen LogP contribution in [0, 0.1) is 6.92 Å². The second-order valence-corrected chi connectivity index (χ2v) is 5.05. The van der Waals surface area contributed by atoms with E-state index in [1.54, 1.807) is 0 Å². The van der Waals surface area contributed by atoms with Gasteiger partial charge in [-0.3, -0.25) is 0 Å². The van der Waals surface area contributed by atoms with E-state index in [0.29, 0.717) is 0 Å². The average molecular weight is 240 g/mol. The zero-order valence-corrected chi connectivity index (χ0v) is 11.0. The van der Waals surface area contributed by atoms with Gasteiger partial charge in [0.15, 0.2) is 0 Å². The summed E-state index contributed by atoms with van der Waals surface area (Å²) in [5.74, 6) is 0. The van der Waals surface area contributed by atoms with Crippen molar-refractivity contribution in [3.8, 4) is 0 Å². The molecule has 0 amide bonds. The average Bonchev–Trinajstić information content (AvgIpc) is 2.38. The van der Waals surface area contributed by atoms with Crippen molar-refractivity contribution >= 4 is 16.7 Å². The molecule has 2 rings (SSSR count). The fourth-order valence-corrected chi connectivity index (χ4v) is 2.54. The van der Waals surface area contributed by atoms with Crippen LogP contribution >= 0.6 is 11.8 Å². The molecule has 0 atom stereocenters. The minimum absolute atomic E-state index is 1.28. The Morgan fingerprint density at radius 2 is 1.59 bits per heavy atom. The number of benzene rings is 2. The van der Waals surface area contributed by atoms with E-state index >= 15 is 0 Å². The van der Waals surface area contributed by atoms with Crippen molar-refractivity contribution in [2.45, 2.75) is 18.7 Å². The first kappa shape index (κ1) is 12.0. The van der Waals surface area contributed by atoms with Crippen LogP contribution in [0.2, 0.25) is 0 Å². The molecule has 0 aliphatic carbocycles. The first-order valence-corrected chi connectivity index (χ1v) is 6.57. The van der Waals surface area contributed by atoms with Crippen LogP contribution in [0.5, 0.6) is 0 Å². The van der Waals surface area contributed by atoms with Crippen LogP contribution in [0.3, 0.4) is 0 Å². The number of thioether (sulfide) groups is 1. The van der Waals surface area contributed by atoms with Gasteiger partial charge in [-0.1, -0.05) is 65.9 Å². The first-order chi connectivity index (χ1) is 8.29. The molecule has 0 aliphatic rings. The van der Waals surface area contributed by atoms with Gasteiger partial charge in [0.05, 0.1) is 0 Å². The molecule has 0 saturated carbocycles. The number of hydrogen-bond donors (Lipinski definition) is 0. The van der Waals surface area contributed by atoms with Gasteiger partial charge in [-0.05, 0) is 31.5 Å². The van der Waals surface area contributed by atoms with E-state index in [4.69, 9.17) is 0 Å². The molecule has 0 radical (unpaired) electrons. The van der Waals surface area contributed by atoms with Crippen LogP contribution in [-0.2, 0) is 0 Å². The number of allylic oxidation sites excluding steroid dienone is 1. The minimum atomic E-state index is 1.28. The molecule has 2 aromatic carbocycles. The van der Waals surface area contributed by atoms with E-state index < -0.39 is 0 Å². The Labute approximate surface area is 107 Å². The lowest BCUT2D eigenvalue weighted by Gasteiger charge is -2.07. The molecule has 0 aliphatic heterocycles. The molecule has 0 nitrogen and oxygen atoms in total. The smallest absolute Gasteiger partial charge is 0.0152 e. The number of rotatable bonds is 3. The summed E-state index contributed by atoms with van der Waals surface area (Å²) in [5.41, 5.74) is 2.58. The van der Waals surface area contributed by atoms with Crippen molar-refractivity contribution in [2.24, 2.45) is 0 Å². The summed E-state index contributed by atoms with van der Waals surface area (Å²) in [5, 5.41) is 0. The third-order valence-corrected chi connectivity index (χ3v) is 3.77. The zero-order chi connectivity index (χ0) is 12.1. The maximum atomic E-state index is 2.18. The van der Waals surface area contributed by atoms with Gasteiger partial charge in [-0.25, -0.2) is 0 Å². The molecule has 0 spiro atoms. The Balaban J connectivity index is 2.21. The highest BCUT2D eigenvalue weighted by Gasteiger charge is 2.02. The fraction of sp³-hybridized carbons (Fsp3) is 0.125. The van der Waals surface area contributed by atoms with Crippen molar-refractivity contribution in [1.82, 2.24) is 0 Å². The lowest BCUT2D eigenvalue weighted by Crippen LogP contribution is -1.81. The highest BCUT2D eigenvalue weighted by Crippen LogP contribution is 2.33. The predicted octanol–water partition coefficient (Wildman–Crippen LogP) is 5.15. The molecule has 0 saturated heterocycles. The van der Waals surface area contributed by atoms with Gasteiger partial charge in [0.25, 0.3) is 0 Å². The summed E-state index contributed by atoms with van der Waals surface area (Å²) in [6.07, 6.45) is 2.17. The predicted molar refractivity (Wildman–Crippen MR) is 77.1 cm³/mol. The van der Waals surface area contributed by atoms with Crippen LogP contribution in [0.25, 0.3) is 4.91 Å². The second kappa shape index (κ2) is 5.74. The second-order valence-electron chi connectivity index (χ2n) is 3.93. The monoisotopic (exact) mass is 240 g/mol. The lowest BCUT2D eigenvalue weighted by molar-refractivity contribution is 1.45. The van der Waals surface area contributed by atoms with Gasteiger partial charge in [-0.2, -0.15) is 0 Å². The van der Waals surface area contributed by atoms with Crippen LogP contribution < -0.4 is 0 Å². The van der Waals surface area contributed by atoms with Crippen LogP contribution in [0.15, 0.2) is 65.6 Å². The van der Waals surface area contributed by atoms with Crippen molar-refractivity contribution < 1.29 is 0 Å². The van der Waals surface area contributed by atoms with E-state index in [1.807, 2.05) is 17.8 Å². The van der Waals surface area contributed by atoms with E-state index in [-0.39, 0.29) is 0 Å². The highest BCUT2D eigenvalue weighted by atomic mass is 32.2. The quantitative estimate of drug-likeness (QED) is 0.669. The Hall–Kier alpha value is -1.47. The maximum Gasteiger partial charge on any atom is 0.0152 e. The van der Waals surface area contributed by atoms with Gasteiger partial charge in [0.2, 0.25) is 0 Å². The van der Waals surface area contributed by atoms with E-state index in [1.165, 1.54) is 20.9 Å². The molecule has 2 aromatic rings. The van der Waals surface area contributed by atoms with Crippen molar-refractivity contribution in [3.05, 3.63) is 71.8 Å². The number of hydrogen-bond acceptors (Lipinski definition) is 1. The lowest BCUT2D eigenvalue weighted by atomic mass is 10.1. The summed E-state index contributed by atoms with van der Waals surface area (Å²) in [6.45, 7) is 4.20. The molecule has 86 valence electrons. The molecule has 0 fully saturated rings. The largest absolute Gasteiger partial charge is 0.0898 e. The summed E-state index contributed by atoms with van der Waals surface area (Å²) >= 11 is 1.81. The Kier molecular flexibility index (Phi) is 4.05. The Bertz CT molecular complexity index is 495. The third-order valence-electron chi connectivity index (χ3n) is 2.57. The van der Waals surface area contributed by atoms with E-state index in [9.17, 15) is 0 Å². The Morgan fingerprint density at radius 3 is 2.18 bits per heavy atom. The zero-order valence-electron chi connectivity index (χ0n) is 10.2. The first-order valence-electron chi connectivity index (χ1n) is 5.76. The van der Waals surface area contributed by atoms with E-state index in [0.717, 1.165) is 0 Å². The van der Waals surface area contributed by atoms with Crippen molar-refractivity contribution in [1.29, 1.82) is 0 Å². The van der Waals surface area contributed by atoms with Crippen molar-refractivity contribution in [2.75, 3.05) is 0 Å². The summed E-state index contributed by atoms with van der Waals surface area (Å²) < 4.78 is 0. The van der Waals surface area contributed by atoms with Gasteiger partial charge in [0.1, 0.15) is 0 Å². The maximum absolute atomic E-state index is 2.18. The van der Waals surface area contributed by atoms with E-state index in [2.05, 4.69) is 68.5 Å². The normalized spacial score (nSPS) is 11.5. The summed E-state index contributed by atoms with van der Waals surface area (Å²) in [7, 11) is 0. The fourth-order valence-electron chi connectivity index (χ4n) is 1.62. The van der Waals surface area contributed by atoms with Crippen molar-refractivity contribution in [3.63, 3.8) is 0 Å².